The molecule has 0 saturated heterocycles. The average Bonchev–Trinajstić information content (AvgIpc) is 2.41. The summed E-state index contributed by atoms with van der Waals surface area (Å²) in [6.07, 6.45) is 5.13. The fourth-order valence-electron chi connectivity index (χ4n) is 1.35. The highest BCUT2D eigenvalue weighted by molar-refractivity contribution is 5.22. The van der Waals surface area contributed by atoms with Gasteiger partial charge in [-0.25, -0.2) is 0 Å². The van der Waals surface area contributed by atoms with E-state index in [1.807, 2.05) is 11.6 Å². The fourth-order valence-corrected chi connectivity index (χ4v) is 1.35. The van der Waals surface area contributed by atoms with Crippen LogP contribution in [0.25, 0.3) is 0 Å². The molecule has 14 heavy (non-hydrogen) atoms. The minimum Gasteiger partial charge on any atom is -0.304 e. The lowest BCUT2D eigenvalue weighted by Crippen LogP contribution is -2.21. The summed E-state index contributed by atoms with van der Waals surface area (Å²) < 4.78 is 2.02. The van der Waals surface area contributed by atoms with E-state index < -0.39 is 0 Å². The molecule has 0 radical (unpaired) electrons. The van der Waals surface area contributed by atoms with Crippen LogP contribution in [0.1, 0.15) is 17.0 Å². The first-order valence-corrected chi connectivity index (χ1v) is 4.81. The van der Waals surface area contributed by atoms with Gasteiger partial charge in [0, 0.05) is 12.2 Å². The van der Waals surface area contributed by atoms with Crippen molar-refractivity contribution >= 4 is 0 Å². The topological polar surface area (TPSA) is 29.9 Å². The van der Waals surface area contributed by atoms with E-state index in [1.165, 1.54) is 11.3 Å². The molecule has 0 aliphatic heterocycles. The molecule has 0 spiro atoms. The molecular weight excluding hydrogens is 174 g/mol. The van der Waals surface area contributed by atoms with Gasteiger partial charge in [0.2, 0.25) is 0 Å². The van der Waals surface area contributed by atoms with Gasteiger partial charge in [0.1, 0.15) is 0 Å². The number of nitrogens with zero attached hydrogens (tertiary/aromatic N) is 2. The van der Waals surface area contributed by atoms with Gasteiger partial charge in [-0.2, -0.15) is 5.10 Å². The molecule has 1 N–H and O–H groups in total. The van der Waals surface area contributed by atoms with Gasteiger partial charge in [-0.15, -0.1) is 6.42 Å². The number of terminal acetylenes is 1. The van der Waals surface area contributed by atoms with Crippen molar-refractivity contribution in [2.24, 2.45) is 0 Å². The summed E-state index contributed by atoms with van der Waals surface area (Å²) in [5.74, 6) is 2.54. The normalized spacial score (nSPS) is 10.1. The number of rotatable bonds is 4. The van der Waals surface area contributed by atoms with Crippen molar-refractivity contribution in [2.75, 3.05) is 13.1 Å². The first kappa shape index (κ1) is 10.8. The molecule has 0 aliphatic carbocycles. The molecule has 0 amide bonds. The van der Waals surface area contributed by atoms with Crippen LogP contribution in [0.2, 0.25) is 0 Å². The molecule has 0 unspecified atom stereocenters. The molecule has 0 saturated carbocycles. The Hall–Kier alpha value is -1.27. The van der Waals surface area contributed by atoms with E-state index in [4.69, 9.17) is 6.42 Å². The summed E-state index contributed by atoms with van der Waals surface area (Å²) in [6.45, 7) is 8.60. The quantitative estimate of drug-likeness (QED) is 0.569. The second-order valence-electron chi connectivity index (χ2n) is 3.40. The zero-order valence-electron chi connectivity index (χ0n) is 9.09. The number of aryl methyl sites for hydroxylation is 1. The van der Waals surface area contributed by atoms with Crippen LogP contribution >= 0.6 is 0 Å². The van der Waals surface area contributed by atoms with Gasteiger partial charge < -0.3 is 5.32 Å². The summed E-state index contributed by atoms with van der Waals surface area (Å²) in [6, 6.07) is 0. The van der Waals surface area contributed by atoms with Crippen LogP contribution in [0, 0.1) is 33.1 Å². The number of aromatic nitrogens is 2. The van der Waals surface area contributed by atoms with Crippen molar-refractivity contribution in [2.45, 2.75) is 27.3 Å². The summed E-state index contributed by atoms with van der Waals surface area (Å²) >= 11 is 0. The highest BCUT2D eigenvalue weighted by Gasteiger charge is 2.05. The standard InChI is InChI=1S/C11H17N3/c1-5-6-12-7-8-14-11(4)9(2)10(3)13-14/h1,12H,6-8H2,2-4H3. The third-order valence-electron chi connectivity index (χ3n) is 2.47. The van der Waals surface area contributed by atoms with Gasteiger partial charge in [-0.3, -0.25) is 4.68 Å². The third kappa shape index (κ3) is 2.36. The third-order valence-corrected chi connectivity index (χ3v) is 2.47. The van der Waals surface area contributed by atoms with Crippen molar-refractivity contribution in [3.8, 4) is 12.3 Å². The summed E-state index contributed by atoms with van der Waals surface area (Å²) in [5.41, 5.74) is 3.63. The van der Waals surface area contributed by atoms with E-state index in [0.717, 1.165) is 18.8 Å². The van der Waals surface area contributed by atoms with Crippen molar-refractivity contribution in [3.05, 3.63) is 17.0 Å². The molecule has 0 bridgehead atoms. The van der Waals surface area contributed by atoms with E-state index in [9.17, 15) is 0 Å². The van der Waals surface area contributed by atoms with Crippen molar-refractivity contribution in [3.63, 3.8) is 0 Å². The minimum atomic E-state index is 0.623. The van der Waals surface area contributed by atoms with Crippen LogP contribution in [0.5, 0.6) is 0 Å². The highest BCUT2D eigenvalue weighted by Crippen LogP contribution is 2.09. The van der Waals surface area contributed by atoms with Crippen LogP contribution in [0.3, 0.4) is 0 Å². The lowest BCUT2D eigenvalue weighted by atomic mass is 10.2. The summed E-state index contributed by atoms with van der Waals surface area (Å²) in [4.78, 5) is 0. The summed E-state index contributed by atoms with van der Waals surface area (Å²) in [5, 5.41) is 7.57. The molecule has 1 heterocycles. The fraction of sp³-hybridized carbons (Fsp3) is 0.545. The maximum atomic E-state index is 5.13. The van der Waals surface area contributed by atoms with Crippen molar-refractivity contribution in [1.29, 1.82) is 0 Å². The van der Waals surface area contributed by atoms with Crippen LogP contribution in [0.4, 0.5) is 0 Å². The summed E-state index contributed by atoms with van der Waals surface area (Å²) in [7, 11) is 0. The lowest BCUT2D eigenvalue weighted by Gasteiger charge is -2.04. The van der Waals surface area contributed by atoms with E-state index >= 15 is 0 Å². The number of hydrogen-bond acceptors (Lipinski definition) is 2. The first-order valence-electron chi connectivity index (χ1n) is 4.81. The van der Waals surface area contributed by atoms with Gasteiger partial charge in [-0.1, -0.05) is 5.92 Å². The van der Waals surface area contributed by atoms with E-state index in [0.29, 0.717) is 6.54 Å². The van der Waals surface area contributed by atoms with Crippen molar-refractivity contribution in [1.82, 2.24) is 15.1 Å². The van der Waals surface area contributed by atoms with Gasteiger partial charge in [0.25, 0.3) is 0 Å². The second kappa shape index (κ2) is 4.83. The minimum absolute atomic E-state index is 0.623. The van der Waals surface area contributed by atoms with E-state index in [2.05, 4.69) is 30.2 Å². The Morgan fingerprint density at radius 1 is 1.43 bits per heavy atom. The van der Waals surface area contributed by atoms with Gasteiger partial charge in [0.05, 0.1) is 18.8 Å². The smallest absolute Gasteiger partial charge is 0.0625 e. The molecule has 1 rings (SSSR count). The largest absolute Gasteiger partial charge is 0.304 e. The number of nitrogens with one attached hydrogen (secondary N) is 1. The molecule has 0 aromatic carbocycles. The first-order chi connectivity index (χ1) is 6.66. The Labute approximate surface area is 85.5 Å². The van der Waals surface area contributed by atoms with Crippen LogP contribution in [-0.2, 0) is 6.54 Å². The second-order valence-corrected chi connectivity index (χ2v) is 3.40. The lowest BCUT2D eigenvalue weighted by molar-refractivity contribution is 0.560. The zero-order chi connectivity index (χ0) is 10.6. The average molecular weight is 191 g/mol. The Bertz CT molecular complexity index is 344. The molecule has 0 atom stereocenters. The van der Waals surface area contributed by atoms with Gasteiger partial charge in [-0.05, 0) is 26.3 Å². The molecular formula is C11H17N3. The molecule has 76 valence electrons. The van der Waals surface area contributed by atoms with E-state index in [1.54, 1.807) is 0 Å². The Balaban J connectivity index is 2.52. The maximum Gasteiger partial charge on any atom is 0.0625 e. The maximum absolute atomic E-state index is 5.13. The monoisotopic (exact) mass is 191 g/mol. The molecule has 3 nitrogen and oxygen atoms in total. The van der Waals surface area contributed by atoms with Crippen molar-refractivity contribution < 1.29 is 0 Å². The molecule has 1 aromatic heterocycles. The number of hydrogen-bond donors (Lipinski definition) is 1. The van der Waals surface area contributed by atoms with Crippen LogP contribution in [0.15, 0.2) is 0 Å². The Morgan fingerprint density at radius 3 is 2.64 bits per heavy atom. The Kier molecular flexibility index (Phi) is 3.73. The van der Waals surface area contributed by atoms with Crippen LogP contribution < -0.4 is 5.32 Å². The predicted molar refractivity (Wildman–Crippen MR) is 58.1 cm³/mol. The predicted octanol–water partition coefficient (Wildman–Crippen LogP) is 1.03. The van der Waals surface area contributed by atoms with Crippen LogP contribution in [-0.4, -0.2) is 22.9 Å². The highest BCUT2D eigenvalue weighted by atomic mass is 15.3. The SMILES string of the molecule is C#CCNCCn1nc(C)c(C)c1C. The molecule has 0 aliphatic rings. The Morgan fingerprint density at radius 2 is 2.14 bits per heavy atom. The zero-order valence-corrected chi connectivity index (χ0v) is 9.09. The van der Waals surface area contributed by atoms with Gasteiger partial charge >= 0.3 is 0 Å². The van der Waals surface area contributed by atoms with Gasteiger partial charge in [0.15, 0.2) is 0 Å². The molecule has 1 aromatic rings. The van der Waals surface area contributed by atoms with E-state index in [-0.39, 0.29) is 0 Å². The molecule has 0 fully saturated rings. The molecule has 3 heteroatoms.